The van der Waals surface area contributed by atoms with Crippen molar-refractivity contribution in [1.82, 2.24) is 5.32 Å². The minimum Gasteiger partial charge on any atom is -0.756 e. The number of pyridine rings is 1. The number of aliphatic hydroxyl groups is 1. The molecule has 63 heavy (non-hydrogen) atoms. The molecule has 1 fully saturated rings. The van der Waals surface area contributed by atoms with Crippen molar-refractivity contribution in [3.05, 3.63) is 155 Å². The molecule has 5 aromatic rings. The van der Waals surface area contributed by atoms with E-state index in [1.54, 1.807) is 13.2 Å². The molecular formula is C51H65N2O9P. The first-order valence-electron chi connectivity index (χ1n) is 22.6. The minimum atomic E-state index is -5.00. The van der Waals surface area contributed by atoms with E-state index in [-0.39, 0.29) is 12.0 Å². The van der Waals surface area contributed by atoms with E-state index in [1.807, 2.05) is 47.3 Å². The second kappa shape index (κ2) is 25.6. The Morgan fingerprint density at radius 2 is 1.44 bits per heavy atom. The molecule has 0 radical (unpaired) electrons. The first-order chi connectivity index (χ1) is 30.7. The highest BCUT2D eigenvalue weighted by Gasteiger charge is 2.22. The number of methoxy groups -OCH3 is 1. The number of ether oxygens (including phenoxy) is 4. The Hall–Kier alpha value is -4.58. The highest BCUT2D eigenvalue weighted by atomic mass is 31.2. The van der Waals surface area contributed by atoms with Crippen LogP contribution < -0.4 is 29.0 Å². The number of benzene rings is 4. The molecule has 1 saturated carbocycles. The third kappa shape index (κ3) is 16.5. The molecule has 4 aromatic carbocycles. The van der Waals surface area contributed by atoms with Gasteiger partial charge < -0.3 is 39.2 Å². The molecule has 6 rings (SSSR count). The van der Waals surface area contributed by atoms with Gasteiger partial charge in [0.05, 0.1) is 24.9 Å². The average molecular weight is 881 g/mol. The highest BCUT2D eigenvalue weighted by molar-refractivity contribution is 7.44. The lowest BCUT2D eigenvalue weighted by atomic mass is 9.86. The number of aryl methyl sites for hydroxylation is 1. The number of phosphoric ester groups is 1. The van der Waals surface area contributed by atoms with Crippen LogP contribution in [0.4, 0.5) is 0 Å². The minimum absolute atomic E-state index is 0.0757. The van der Waals surface area contributed by atoms with Crippen LogP contribution in [0.2, 0.25) is 0 Å². The summed E-state index contributed by atoms with van der Waals surface area (Å²) >= 11 is 0. The molecule has 1 aliphatic carbocycles. The summed E-state index contributed by atoms with van der Waals surface area (Å²) in [6.07, 6.45) is 16.2. The zero-order valence-corrected chi connectivity index (χ0v) is 37.5. The van der Waals surface area contributed by atoms with E-state index < -0.39 is 20.7 Å². The van der Waals surface area contributed by atoms with Gasteiger partial charge in [-0.3, -0.25) is 9.09 Å². The van der Waals surface area contributed by atoms with E-state index in [0.29, 0.717) is 24.4 Å². The molecular weight excluding hydrogens is 816 g/mol. The SMILES string of the molecule is COc1ccc(C(Cc2cc[n+](Cc3ccc(C(O)CNCCCCCCOCCCCc4ccccc4)cc3OCOP(=O)([O-])O)cc2)c2ccccc2)cc1OC1CCCC1. The van der Waals surface area contributed by atoms with Gasteiger partial charge in [-0.15, -0.1) is 0 Å². The number of aliphatic hydroxyl groups excluding tert-OH is 1. The van der Waals surface area contributed by atoms with Crippen LogP contribution in [0.5, 0.6) is 17.2 Å². The molecule has 1 heterocycles. The van der Waals surface area contributed by atoms with Crippen LogP contribution in [0.25, 0.3) is 0 Å². The Morgan fingerprint density at radius 3 is 2.17 bits per heavy atom. The van der Waals surface area contributed by atoms with E-state index in [1.165, 1.54) is 24.0 Å². The van der Waals surface area contributed by atoms with Gasteiger partial charge in [0.15, 0.2) is 37.2 Å². The molecule has 3 unspecified atom stereocenters. The predicted molar refractivity (Wildman–Crippen MR) is 243 cm³/mol. The summed E-state index contributed by atoms with van der Waals surface area (Å²) in [6, 6.07) is 36.9. The molecule has 0 saturated heterocycles. The van der Waals surface area contributed by atoms with Gasteiger partial charge in [0.25, 0.3) is 7.82 Å². The fourth-order valence-electron chi connectivity index (χ4n) is 8.11. The summed E-state index contributed by atoms with van der Waals surface area (Å²) in [5.74, 6) is 1.94. The van der Waals surface area contributed by atoms with Gasteiger partial charge in [0, 0.05) is 37.8 Å². The maximum Gasteiger partial charge on any atom is 0.268 e. The quantitative estimate of drug-likeness (QED) is 0.0193. The number of hydrogen-bond acceptors (Lipinski definition) is 9. The predicted octanol–water partition coefficient (Wildman–Crippen LogP) is 8.76. The normalized spacial score (nSPS) is 14.9. The van der Waals surface area contributed by atoms with Crippen molar-refractivity contribution >= 4 is 7.82 Å². The second-order valence-corrected chi connectivity index (χ2v) is 17.6. The summed E-state index contributed by atoms with van der Waals surface area (Å²) < 4.78 is 41.5. The number of unbranched alkanes of at least 4 members (excludes halogenated alkanes) is 4. The van der Waals surface area contributed by atoms with Gasteiger partial charge >= 0.3 is 0 Å². The van der Waals surface area contributed by atoms with Gasteiger partial charge in [-0.1, -0.05) is 85.6 Å². The zero-order valence-electron chi connectivity index (χ0n) is 36.7. The molecule has 3 atom stereocenters. The molecule has 0 bridgehead atoms. The van der Waals surface area contributed by atoms with Crippen molar-refractivity contribution < 1.29 is 47.5 Å². The number of phosphoric acid groups is 1. The third-order valence-corrected chi connectivity index (χ3v) is 12.1. The molecule has 1 aliphatic rings. The van der Waals surface area contributed by atoms with E-state index >= 15 is 0 Å². The Labute approximate surface area is 373 Å². The van der Waals surface area contributed by atoms with Gasteiger partial charge in [0.2, 0.25) is 0 Å². The van der Waals surface area contributed by atoms with Crippen LogP contribution >= 0.6 is 7.82 Å². The zero-order chi connectivity index (χ0) is 44.1. The molecule has 0 spiro atoms. The topological polar surface area (TPSA) is 143 Å². The molecule has 12 heteroatoms. The van der Waals surface area contributed by atoms with Crippen LogP contribution in [0.3, 0.4) is 0 Å². The largest absolute Gasteiger partial charge is 0.756 e. The summed E-state index contributed by atoms with van der Waals surface area (Å²) in [7, 11) is -3.32. The molecule has 3 N–H and O–H groups in total. The van der Waals surface area contributed by atoms with Crippen molar-refractivity contribution in [2.75, 3.05) is 40.2 Å². The fourth-order valence-corrected chi connectivity index (χ4v) is 8.29. The van der Waals surface area contributed by atoms with Crippen LogP contribution in [-0.2, 0) is 33.2 Å². The van der Waals surface area contributed by atoms with Crippen LogP contribution in [0, 0.1) is 0 Å². The van der Waals surface area contributed by atoms with Crippen LogP contribution in [0.15, 0.2) is 122 Å². The van der Waals surface area contributed by atoms with Crippen molar-refractivity contribution in [3.8, 4) is 17.2 Å². The molecule has 0 amide bonds. The standard InChI is InChI=1S/C51H65N2O9P/c1-58-49-26-25-43(35-51(49)62-46-21-10-11-22-46)47(42-19-8-5-9-20-42)34-41-27-30-53(31-28-41)38-45-24-23-44(36-50(45)60-39-61-63(55,56)57)48(54)37-52-29-13-2-3-14-32-59-33-15-12-18-40-16-6-4-7-17-40/h4-9,16-17,19-20,23-28,30-31,35-36,46-48,52,54H,2-3,10-15,18,21-22,29,32-34,37-39H2,1H3,(H-,55,56,57). The third-order valence-electron chi connectivity index (χ3n) is 11.6. The molecule has 338 valence electrons. The van der Waals surface area contributed by atoms with Crippen molar-refractivity contribution in [2.45, 2.75) is 102 Å². The van der Waals surface area contributed by atoms with E-state index in [4.69, 9.17) is 18.9 Å². The average Bonchev–Trinajstić information content (AvgIpc) is 3.81. The Bertz CT molecular complexity index is 2110. The molecule has 0 aliphatic heterocycles. The van der Waals surface area contributed by atoms with Crippen molar-refractivity contribution in [3.63, 3.8) is 0 Å². The Balaban J connectivity index is 0.999. The monoisotopic (exact) mass is 880 g/mol. The first-order valence-corrected chi connectivity index (χ1v) is 24.1. The molecule has 11 nitrogen and oxygen atoms in total. The Morgan fingerprint density at radius 1 is 0.762 bits per heavy atom. The van der Waals surface area contributed by atoms with Crippen LogP contribution in [0.1, 0.15) is 110 Å². The number of hydrogen-bond donors (Lipinski definition) is 3. The Kier molecular flexibility index (Phi) is 19.5. The van der Waals surface area contributed by atoms with E-state index in [2.05, 4.69) is 82.6 Å². The van der Waals surface area contributed by atoms with E-state index in [0.717, 1.165) is 112 Å². The van der Waals surface area contributed by atoms with Crippen molar-refractivity contribution in [2.24, 2.45) is 0 Å². The van der Waals surface area contributed by atoms with E-state index in [9.17, 15) is 19.5 Å². The lowest BCUT2D eigenvalue weighted by molar-refractivity contribution is -0.688. The maximum absolute atomic E-state index is 11.3. The number of nitrogens with zero attached hydrogens (tertiary/aromatic N) is 1. The summed E-state index contributed by atoms with van der Waals surface area (Å²) in [6.45, 7) is 2.41. The summed E-state index contributed by atoms with van der Waals surface area (Å²) in [5, 5.41) is 14.4. The smallest absolute Gasteiger partial charge is 0.268 e. The van der Waals surface area contributed by atoms with Crippen LogP contribution in [-0.4, -0.2) is 56.3 Å². The fraction of sp³-hybridized carbons (Fsp3) is 0.431. The second-order valence-electron chi connectivity index (χ2n) is 16.4. The lowest BCUT2D eigenvalue weighted by Crippen LogP contribution is -2.33. The lowest BCUT2D eigenvalue weighted by Gasteiger charge is -2.22. The summed E-state index contributed by atoms with van der Waals surface area (Å²) in [5.41, 5.74) is 6.23. The van der Waals surface area contributed by atoms with Crippen molar-refractivity contribution in [1.29, 1.82) is 0 Å². The van der Waals surface area contributed by atoms with Gasteiger partial charge in [-0.05, 0) is 123 Å². The van der Waals surface area contributed by atoms with Gasteiger partial charge in [-0.2, -0.15) is 0 Å². The highest BCUT2D eigenvalue weighted by Crippen LogP contribution is 2.37. The first kappa shape index (κ1) is 47.9. The number of nitrogens with one attached hydrogen (secondary N) is 1. The number of aromatic nitrogens is 1. The summed E-state index contributed by atoms with van der Waals surface area (Å²) in [4.78, 5) is 20.5. The van der Waals surface area contributed by atoms with Gasteiger partial charge in [0.1, 0.15) is 5.75 Å². The van der Waals surface area contributed by atoms with Gasteiger partial charge in [-0.25, -0.2) is 4.57 Å². The number of rotatable bonds is 28. The maximum atomic E-state index is 11.3. The molecule has 1 aromatic heterocycles.